The summed E-state index contributed by atoms with van der Waals surface area (Å²) in [6, 6.07) is 16.1. The number of amides is 1. The van der Waals surface area contributed by atoms with E-state index in [4.69, 9.17) is 4.74 Å². The molecule has 0 saturated carbocycles. The first kappa shape index (κ1) is 19.5. The van der Waals surface area contributed by atoms with Crippen LogP contribution < -0.4 is 10.1 Å². The van der Waals surface area contributed by atoms with Crippen LogP contribution in [0.25, 0.3) is 0 Å². The number of hydrogen-bond donors (Lipinski definition) is 2. The molecule has 0 saturated heterocycles. The minimum Gasteiger partial charge on any atom is -0.494 e. The summed E-state index contributed by atoms with van der Waals surface area (Å²) < 4.78 is 5.41. The summed E-state index contributed by atoms with van der Waals surface area (Å²) in [7, 11) is 0. The molecular formula is C21H25NO4. The fourth-order valence-corrected chi connectivity index (χ4v) is 2.92. The van der Waals surface area contributed by atoms with Gasteiger partial charge in [-0.05, 0) is 36.6 Å². The average molecular weight is 355 g/mol. The number of rotatable bonds is 9. The van der Waals surface area contributed by atoms with Gasteiger partial charge in [0.1, 0.15) is 5.75 Å². The molecule has 2 aromatic rings. The number of carboxylic acids is 1. The third-order valence-corrected chi connectivity index (χ3v) is 4.22. The smallest absolute Gasteiger partial charge is 0.305 e. The Morgan fingerprint density at radius 3 is 2.19 bits per heavy atom. The molecule has 0 unspecified atom stereocenters. The molecule has 5 heteroatoms. The maximum absolute atomic E-state index is 12.8. The Bertz CT molecular complexity index is 713. The maximum atomic E-state index is 12.8. The number of carbonyl (C=O) groups excluding carboxylic acids is 1. The van der Waals surface area contributed by atoms with Gasteiger partial charge in [0.2, 0.25) is 5.91 Å². The van der Waals surface area contributed by atoms with Crippen molar-refractivity contribution in [1.29, 1.82) is 0 Å². The molecule has 0 aliphatic heterocycles. The lowest BCUT2D eigenvalue weighted by atomic mass is 9.94. The molecule has 26 heavy (non-hydrogen) atoms. The molecule has 138 valence electrons. The fourth-order valence-electron chi connectivity index (χ4n) is 2.92. The molecular weight excluding hydrogens is 330 g/mol. The van der Waals surface area contributed by atoms with Gasteiger partial charge in [-0.15, -0.1) is 0 Å². The van der Waals surface area contributed by atoms with E-state index in [0.717, 1.165) is 11.1 Å². The van der Waals surface area contributed by atoms with Crippen LogP contribution in [0.2, 0.25) is 0 Å². The predicted octanol–water partition coefficient (Wildman–Crippen LogP) is 3.91. The summed E-state index contributed by atoms with van der Waals surface area (Å²) in [6.07, 6.45) is 0.462. The van der Waals surface area contributed by atoms with Crippen molar-refractivity contribution >= 4 is 11.9 Å². The van der Waals surface area contributed by atoms with Crippen molar-refractivity contribution in [1.82, 2.24) is 5.32 Å². The van der Waals surface area contributed by atoms with Crippen LogP contribution in [0.5, 0.6) is 5.75 Å². The molecule has 0 spiro atoms. The summed E-state index contributed by atoms with van der Waals surface area (Å²) in [5, 5.41) is 12.1. The molecule has 2 rings (SSSR count). The van der Waals surface area contributed by atoms with E-state index in [9.17, 15) is 14.7 Å². The Kier molecular flexibility index (Phi) is 7.21. The van der Waals surface area contributed by atoms with Gasteiger partial charge in [-0.3, -0.25) is 9.59 Å². The van der Waals surface area contributed by atoms with Gasteiger partial charge in [0.05, 0.1) is 25.0 Å². The lowest BCUT2D eigenvalue weighted by Gasteiger charge is -2.22. The third kappa shape index (κ3) is 5.34. The van der Waals surface area contributed by atoms with Crippen molar-refractivity contribution < 1.29 is 19.4 Å². The average Bonchev–Trinajstić information content (AvgIpc) is 2.63. The number of ether oxygens (including phenoxy) is 1. The van der Waals surface area contributed by atoms with Crippen LogP contribution >= 0.6 is 0 Å². The van der Waals surface area contributed by atoms with E-state index in [2.05, 4.69) is 5.32 Å². The quantitative estimate of drug-likeness (QED) is 0.715. The van der Waals surface area contributed by atoms with Gasteiger partial charge in [0.15, 0.2) is 0 Å². The summed E-state index contributed by atoms with van der Waals surface area (Å²) in [5.74, 6) is -0.724. The van der Waals surface area contributed by atoms with Crippen molar-refractivity contribution in [3.63, 3.8) is 0 Å². The number of hydrogen-bond acceptors (Lipinski definition) is 3. The third-order valence-electron chi connectivity index (χ3n) is 4.22. The Morgan fingerprint density at radius 2 is 1.65 bits per heavy atom. The largest absolute Gasteiger partial charge is 0.494 e. The first-order valence-corrected chi connectivity index (χ1v) is 8.85. The molecule has 0 heterocycles. The van der Waals surface area contributed by atoms with E-state index in [0.29, 0.717) is 18.8 Å². The zero-order valence-corrected chi connectivity index (χ0v) is 15.1. The van der Waals surface area contributed by atoms with Gasteiger partial charge < -0.3 is 15.2 Å². The van der Waals surface area contributed by atoms with Crippen LogP contribution in [-0.2, 0) is 9.59 Å². The molecule has 2 atom stereocenters. The van der Waals surface area contributed by atoms with Gasteiger partial charge in [-0.25, -0.2) is 0 Å². The number of aliphatic carboxylic acids is 1. The molecule has 0 aliphatic carbocycles. The summed E-state index contributed by atoms with van der Waals surface area (Å²) in [4.78, 5) is 24.0. The molecule has 5 nitrogen and oxygen atoms in total. The minimum absolute atomic E-state index is 0.168. The number of benzene rings is 2. The molecule has 0 aliphatic rings. The van der Waals surface area contributed by atoms with E-state index in [1.165, 1.54) is 0 Å². The molecule has 2 N–H and O–H groups in total. The van der Waals surface area contributed by atoms with Gasteiger partial charge in [-0.1, -0.05) is 49.4 Å². The molecule has 0 fully saturated rings. The Morgan fingerprint density at radius 1 is 1.00 bits per heavy atom. The normalized spacial score (nSPS) is 12.8. The van der Waals surface area contributed by atoms with Gasteiger partial charge in [-0.2, -0.15) is 0 Å². The summed E-state index contributed by atoms with van der Waals surface area (Å²) >= 11 is 0. The van der Waals surface area contributed by atoms with Crippen molar-refractivity contribution in [3.05, 3.63) is 65.7 Å². The maximum Gasteiger partial charge on any atom is 0.305 e. The number of carbonyl (C=O) groups is 2. The van der Waals surface area contributed by atoms with E-state index < -0.39 is 12.0 Å². The molecule has 0 bridgehead atoms. The van der Waals surface area contributed by atoms with Gasteiger partial charge >= 0.3 is 5.97 Å². The summed E-state index contributed by atoms with van der Waals surface area (Å²) in [5.41, 5.74) is 1.67. The fraction of sp³-hybridized carbons (Fsp3) is 0.333. The topological polar surface area (TPSA) is 75.6 Å². The van der Waals surface area contributed by atoms with Crippen molar-refractivity contribution in [2.75, 3.05) is 6.61 Å². The lowest BCUT2D eigenvalue weighted by Crippen LogP contribution is -2.34. The molecule has 2 aromatic carbocycles. The van der Waals surface area contributed by atoms with Crippen LogP contribution in [0.15, 0.2) is 54.6 Å². The van der Waals surface area contributed by atoms with E-state index in [1.54, 1.807) is 24.3 Å². The van der Waals surface area contributed by atoms with E-state index in [-0.39, 0.29) is 18.2 Å². The Labute approximate surface area is 154 Å². The van der Waals surface area contributed by atoms with Crippen molar-refractivity contribution in [2.45, 2.75) is 38.6 Å². The van der Waals surface area contributed by atoms with Crippen LogP contribution in [0, 0.1) is 0 Å². The van der Waals surface area contributed by atoms with Crippen LogP contribution in [0.3, 0.4) is 0 Å². The second-order valence-electron chi connectivity index (χ2n) is 6.03. The second kappa shape index (κ2) is 9.61. The van der Waals surface area contributed by atoms with Crippen LogP contribution in [-0.4, -0.2) is 23.6 Å². The van der Waals surface area contributed by atoms with E-state index >= 15 is 0 Å². The molecule has 1 amide bonds. The highest BCUT2D eigenvalue weighted by Crippen LogP contribution is 2.24. The monoisotopic (exact) mass is 355 g/mol. The SMILES string of the molecule is CCOc1ccc([C@H](CC(=O)O)NC(=O)[C@H](CC)c2ccccc2)cc1. The van der Waals surface area contributed by atoms with Crippen molar-refractivity contribution in [2.24, 2.45) is 0 Å². The highest BCUT2D eigenvalue weighted by Gasteiger charge is 2.24. The van der Waals surface area contributed by atoms with Crippen LogP contribution in [0.1, 0.15) is 49.8 Å². The molecule has 0 radical (unpaired) electrons. The minimum atomic E-state index is -0.961. The van der Waals surface area contributed by atoms with Gasteiger partial charge in [0, 0.05) is 0 Å². The zero-order valence-electron chi connectivity index (χ0n) is 15.1. The Balaban J connectivity index is 2.18. The highest BCUT2D eigenvalue weighted by atomic mass is 16.5. The first-order valence-electron chi connectivity index (χ1n) is 8.85. The predicted molar refractivity (Wildman–Crippen MR) is 100 cm³/mol. The van der Waals surface area contributed by atoms with E-state index in [1.807, 2.05) is 44.2 Å². The second-order valence-corrected chi connectivity index (χ2v) is 6.03. The lowest BCUT2D eigenvalue weighted by molar-refractivity contribution is -0.137. The zero-order chi connectivity index (χ0) is 18.9. The Hall–Kier alpha value is -2.82. The first-order chi connectivity index (χ1) is 12.5. The number of nitrogens with one attached hydrogen (secondary N) is 1. The van der Waals surface area contributed by atoms with Gasteiger partial charge in [0.25, 0.3) is 0 Å². The number of carboxylic acid groups (broad SMARTS) is 1. The van der Waals surface area contributed by atoms with Crippen LogP contribution in [0.4, 0.5) is 0 Å². The highest BCUT2D eigenvalue weighted by molar-refractivity contribution is 5.84. The standard InChI is InChI=1S/C21H25NO4/c1-3-18(15-8-6-5-7-9-15)21(25)22-19(14-20(23)24)16-10-12-17(13-11-16)26-4-2/h5-13,18-19H,3-4,14H2,1-2H3,(H,22,25)(H,23,24)/t18-,19+/m1/s1. The van der Waals surface area contributed by atoms with Crippen molar-refractivity contribution in [3.8, 4) is 5.75 Å². The molecule has 0 aromatic heterocycles. The summed E-state index contributed by atoms with van der Waals surface area (Å²) in [6.45, 7) is 4.40.